The molecular weight excluding hydrogens is 270 g/mol. The van der Waals surface area contributed by atoms with Crippen molar-refractivity contribution in [2.75, 3.05) is 20.3 Å². The molecule has 1 atom stereocenters. The second kappa shape index (κ2) is 6.56. The molecule has 5 nitrogen and oxygen atoms in total. The van der Waals surface area contributed by atoms with Gasteiger partial charge in [-0.1, -0.05) is 23.4 Å². The number of nitrogens with zero attached hydrogens (tertiary/aromatic N) is 1. The number of aromatic nitrogens is 1. The highest BCUT2D eigenvalue weighted by Gasteiger charge is 2.22. The van der Waals surface area contributed by atoms with Crippen molar-refractivity contribution >= 4 is 12.2 Å². The molecule has 1 aromatic carbocycles. The summed E-state index contributed by atoms with van der Waals surface area (Å²) in [5.74, 6) is 1.53. The lowest BCUT2D eigenvalue weighted by Gasteiger charge is -2.04. The van der Waals surface area contributed by atoms with E-state index in [0.29, 0.717) is 19.0 Å². The number of methoxy groups -OCH3 is 1. The lowest BCUT2D eigenvalue weighted by molar-refractivity contribution is 0.177. The Kier molecular flexibility index (Phi) is 4.33. The van der Waals surface area contributed by atoms with Crippen molar-refractivity contribution in [2.45, 2.75) is 12.7 Å². The molecule has 0 bridgehead atoms. The molecule has 0 spiro atoms. The van der Waals surface area contributed by atoms with Crippen LogP contribution in [0.4, 0.5) is 0 Å². The first-order valence-electron chi connectivity index (χ1n) is 6.80. The number of hydrogen-bond acceptors (Lipinski definition) is 5. The van der Waals surface area contributed by atoms with Crippen LogP contribution in [0, 0.1) is 0 Å². The van der Waals surface area contributed by atoms with Gasteiger partial charge in [-0.25, -0.2) is 0 Å². The monoisotopic (exact) mass is 287 g/mol. The quantitative estimate of drug-likeness (QED) is 0.733. The van der Waals surface area contributed by atoms with Gasteiger partial charge < -0.3 is 18.7 Å². The van der Waals surface area contributed by atoms with E-state index in [-0.39, 0.29) is 6.10 Å². The van der Waals surface area contributed by atoms with E-state index in [0.717, 1.165) is 23.6 Å². The van der Waals surface area contributed by atoms with Crippen LogP contribution in [-0.2, 0) is 16.1 Å². The molecule has 1 aliphatic heterocycles. The van der Waals surface area contributed by atoms with Gasteiger partial charge in [0.15, 0.2) is 5.76 Å². The Morgan fingerprint density at radius 1 is 1.33 bits per heavy atom. The fourth-order valence-electron chi connectivity index (χ4n) is 1.86. The van der Waals surface area contributed by atoms with Gasteiger partial charge in [0.2, 0.25) is 0 Å². The predicted octanol–water partition coefficient (Wildman–Crippen LogP) is 2.77. The average molecular weight is 287 g/mol. The van der Waals surface area contributed by atoms with E-state index in [2.05, 4.69) is 5.16 Å². The average Bonchev–Trinajstić information content (AvgIpc) is 3.23. The summed E-state index contributed by atoms with van der Waals surface area (Å²) in [6, 6.07) is 9.73. The highest BCUT2D eigenvalue weighted by Crippen LogP contribution is 2.18. The van der Waals surface area contributed by atoms with E-state index in [1.807, 2.05) is 42.5 Å². The normalized spacial score (nSPS) is 17.3. The van der Waals surface area contributed by atoms with Crippen LogP contribution >= 0.6 is 0 Å². The van der Waals surface area contributed by atoms with Gasteiger partial charge in [0.05, 0.1) is 13.2 Å². The van der Waals surface area contributed by atoms with E-state index >= 15 is 0 Å². The molecule has 1 aromatic heterocycles. The summed E-state index contributed by atoms with van der Waals surface area (Å²) in [7, 11) is 1.63. The van der Waals surface area contributed by atoms with Crippen LogP contribution in [0.15, 0.2) is 34.9 Å². The maximum atomic E-state index is 5.65. The maximum absolute atomic E-state index is 5.65. The molecule has 2 aromatic rings. The highest BCUT2D eigenvalue weighted by molar-refractivity contribution is 5.68. The number of epoxide rings is 1. The van der Waals surface area contributed by atoms with Gasteiger partial charge in [-0.05, 0) is 23.8 Å². The summed E-state index contributed by atoms with van der Waals surface area (Å²) < 4.78 is 21.0. The van der Waals surface area contributed by atoms with Crippen LogP contribution in [-0.4, -0.2) is 31.6 Å². The highest BCUT2D eigenvalue weighted by atomic mass is 16.6. The van der Waals surface area contributed by atoms with Gasteiger partial charge in [0, 0.05) is 13.2 Å². The van der Waals surface area contributed by atoms with Gasteiger partial charge >= 0.3 is 0 Å². The Hall–Kier alpha value is -2.11. The standard InChI is InChI=1S/C16H17NO4/c1-18-9-13-8-15(21-17-13)6-5-12-3-2-4-14(7-12)19-10-16-11-20-16/h2-8,16H,9-11H2,1H3. The minimum absolute atomic E-state index is 0.262. The number of benzene rings is 1. The van der Waals surface area contributed by atoms with Crippen molar-refractivity contribution in [3.8, 4) is 5.75 Å². The molecule has 2 heterocycles. The SMILES string of the molecule is COCc1cc(C=Cc2cccc(OCC3CO3)c2)on1. The van der Waals surface area contributed by atoms with E-state index < -0.39 is 0 Å². The number of hydrogen-bond donors (Lipinski definition) is 0. The maximum Gasteiger partial charge on any atom is 0.160 e. The lowest BCUT2D eigenvalue weighted by Crippen LogP contribution is -2.03. The molecule has 1 aliphatic rings. The second-order valence-electron chi connectivity index (χ2n) is 4.83. The van der Waals surface area contributed by atoms with Crippen LogP contribution in [0.1, 0.15) is 17.0 Å². The Bertz CT molecular complexity index is 616. The van der Waals surface area contributed by atoms with Crippen LogP contribution < -0.4 is 4.74 Å². The third-order valence-electron chi connectivity index (χ3n) is 3.01. The summed E-state index contributed by atoms with van der Waals surface area (Å²) in [6.45, 7) is 1.86. The topological polar surface area (TPSA) is 57.0 Å². The molecule has 0 saturated carbocycles. The van der Waals surface area contributed by atoms with Gasteiger partial charge in [0.25, 0.3) is 0 Å². The van der Waals surface area contributed by atoms with Crippen molar-refractivity contribution in [1.29, 1.82) is 0 Å². The molecule has 5 heteroatoms. The van der Waals surface area contributed by atoms with Gasteiger partial charge in [0.1, 0.15) is 24.2 Å². The fourth-order valence-corrected chi connectivity index (χ4v) is 1.86. The first-order valence-corrected chi connectivity index (χ1v) is 6.80. The third-order valence-corrected chi connectivity index (χ3v) is 3.01. The smallest absolute Gasteiger partial charge is 0.160 e. The molecule has 1 saturated heterocycles. The van der Waals surface area contributed by atoms with Crippen molar-refractivity contribution in [1.82, 2.24) is 5.16 Å². The number of rotatable bonds is 7. The van der Waals surface area contributed by atoms with Crippen LogP contribution in [0.5, 0.6) is 5.75 Å². The first-order chi connectivity index (χ1) is 10.3. The summed E-state index contributed by atoms with van der Waals surface area (Å²) in [5.41, 5.74) is 1.81. The second-order valence-corrected chi connectivity index (χ2v) is 4.83. The van der Waals surface area contributed by atoms with Crippen molar-refractivity contribution in [3.63, 3.8) is 0 Å². The molecule has 21 heavy (non-hydrogen) atoms. The summed E-state index contributed by atoms with van der Waals surface area (Å²) >= 11 is 0. The Morgan fingerprint density at radius 2 is 2.24 bits per heavy atom. The Morgan fingerprint density at radius 3 is 3.05 bits per heavy atom. The van der Waals surface area contributed by atoms with Crippen LogP contribution in [0.3, 0.4) is 0 Å². The predicted molar refractivity (Wildman–Crippen MR) is 77.8 cm³/mol. The van der Waals surface area contributed by atoms with Gasteiger partial charge in [-0.2, -0.15) is 0 Å². The van der Waals surface area contributed by atoms with Crippen molar-refractivity contribution < 1.29 is 18.7 Å². The minimum atomic E-state index is 0.262. The molecule has 110 valence electrons. The third kappa shape index (κ3) is 4.18. The Labute approximate surface area is 123 Å². The molecule has 0 radical (unpaired) electrons. The minimum Gasteiger partial charge on any atom is -0.491 e. The summed E-state index contributed by atoms with van der Waals surface area (Å²) in [4.78, 5) is 0. The molecule has 0 N–H and O–H groups in total. The molecule has 1 unspecified atom stereocenters. The summed E-state index contributed by atoms with van der Waals surface area (Å²) in [6.07, 6.45) is 4.09. The summed E-state index contributed by atoms with van der Waals surface area (Å²) in [5, 5.41) is 3.90. The van der Waals surface area contributed by atoms with E-state index in [9.17, 15) is 0 Å². The molecule has 3 rings (SSSR count). The largest absolute Gasteiger partial charge is 0.491 e. The van der Waals surface area contributed by atoms with Crippen LogP contribution in [0.2, 0.25) is 0 Å². The molecule has 0 aliphatic carbocycles. The van der Waals surface area contributed by atoms with Gasteiger partial charge in [-0.3, -0.25) is 0 Å². The zero-order chi connectivity index (χ0) is 14.5. The Balaban J connectivity index is 1.62. The van der Waals surface area contributed by atoms with E-state index in [1.165, 1.54) is 0 Å². The first kappa shape index (κ1) is 13.9. The zero-order valence-corrected chi connectivity index (χ0v) is 11.8. The van der Waals surface area contributed by atoms with Crippen molar-refractivity contribution in [3.05, 3.63) is 47.3 Å². The lowest BCUT2D eigenvalue weighted by atomic mass is 10.2. The van der Waals surface area contributed by atoms with Crippen molar-refractivity contribution in [2.24, 2.45) is 0 Å². The zero-order valence-electron chi connectivity index (χ0n) is 11.8. The molecular formula is C16H17NO4. The van der Waals surface area contributed by atoms with E-state index in [4.69, 9.17) is 18.7 Å². The van der Waals surface area contributed by atoms with E-state index in [1.54, 1.807) is 7.11 Å². The van der Waals surface area contributed by atoms with Gasteiger partial charge in [-0.15, -0.1) is 0 Å². The molecule has 1 fully saturated rings. The van der Waals surface area contributed by atoms with Crippen LogP contribution in [0.25, 0.3) is 12.2 Å². The number of ether oxygens (including phenoxy) is 3. The molecule has 0 amide bonds. The fraction of sp³-hybridized carbons (Fsp3) is 0.312.